The van der Waals surface area contributed by atoms with Gasteiger partial charge < -0.3 is 15.2 Å². The number of amidine groups is 1. The molecule has 1 heterocycles. The summed E-state index contributed by atoms with van der Waals surface area (Å²) >= 11 is 0. The van der Waals surface area contributed by atoms with Crippen LogP contribution in [0.2, 0.25) is 0 Å². The Balaban J connectivity index is 2.29. The molecule has 2 aromatic rings. The highest BCUT2D eigenvalue weighted by molar-refractivity contribution is 5.93. The maximum absolute atomic E-state index is 7.38. The molecule has 0 aliphatic heterocycles. The molecule has 20 heavy (non-hydrogen) atoms. The summed E-state index contributed by atoms with van der Waals surface area (Å²) in [4.78, 5) is 4.16. The molecule has 0 atom stereocenters. The first-order valence-electron chi connectivity index (χ1n) is 6.30. The summed E-state index contributed by atoms with van der Waals surface area (Å²) in [5.41, 5.74) is 6.96. The largest absolute Gasteiger partial charge is 0.493 e. The molecule has 0 radical (unpaired) electrons. The Morgan fingerprint density at radius 3 is 2.70 bits per heavy atom. The van der Waals surface area contributed by atoms with Crippen molar-refractivity contribution in [3.8, 4) is 17.4 Å². The minimum absolute atomic E-state index is 0.0938. The number of methoxy groups -OCH3 is 1. The quantitative estimate of drug-likeness (QED) is 0.647. The fraction of sp³-hybridized carbons (Fsp3) is 0.200. The number of aromatic nitrogens is 1. The summed E-state index contributed by atoms with van der Waals surface area (Å²) in [6.45, 7) is 2.08. The van der Waals surface area contributed by atoms with Crippen LogP contribution >= 0.6 is 0 Å². The van der Waals surface area contributed by atoms with Crippen molar-refractivity contribution in [2.45, 2.75) is 13.3 Å². The van der Waals surface area contributed by atoms with Crippen molar-refractivity contribution in [2.24, 2.45) is 5.73 Å². The third-order valence-electron chi connectivity index (χ3n) is 2.85. The molecule has 0 bridgehead atoms. The first kappa shape index (κ1) is 13.9. The summed E-state index contributed by atoms with van der Waals surface area (Å²) in [6.07, 6.45) is 0.925. The second kappa shape index (κ2) is 6.06. The summed E-state index contributed by atoms with van der Waals surface area (Å²) in [6, 6.07) is 10.9. The predicted molar refractivity (Wildman–Crippen MR) is 77.7 cm³/mol. The standard InChI is InChI=1S/C15H17N3O2/c1-3-10-7-8-12(13(9-10)19-2)20-14-6-4-5-11(18-14)15(16)17/h4-9H,3H2,1-2H3,(H3,16,17). The van der Waals surface area contributed by atoms with E-state index in [4.69, 9.17) is 20.6 Å². The number of hydrogen-bond acceptors (Lipinski definition) is 4. The van der Waals surface area contributed by atoms with Gasteiger partial charge in [0.2, 0.25) is 5.88 Å². The number of benzene rings is 1. The number of nitrogens with zero attached hydrogens (tertiary/aromatic N) is 1. The lowest BCUT2D eigenvalue weighted by atomic mass is 10.1. The van der Waals surface area contributed by atoms with E-state index in [2.05, 4.69) is 11.9 Å². The highest BCUT2D eigenvalue weighted by Crippen LogP contribution is 2.31. The van der Waals surface area contributed by atoms with Crippen LogP contribution in [-0.2, 0) is 6.42 Å². The van der Waals surface area contributed by atoms with Crippen molar-refractivity contribution in [3.05, 3.63) is 47.7 Å². The molecule has 0 amide bonds. The molecule has 0 unspecified atom stereocenters. The number of nitrogens with one attached hydrogen (secondary N) is 1. The Bertz CT molecular complexity index is 626. The molecule has 3 N–H and O–H groups in total. The minimum atomic E-state index is -0.0938. The van der Waals surface area contributed by atoms with Crippen molar-refractivity contribution in [2.75, 3.05) is 7.11 Å². The molecule has 1 aromatic carbocycles. The van der Waals surface area contributed by atoms with Gasteiger partial charge in [0, 0.05) is 6.07 Å². The van der Waals surface area contributed by atoms with Crippen LogP contribution in [0, 0.1) is 5.41 Å². The van der Waals surface area contributed by atoms with E-state index in [-0.39, 0.29) is 5.84 Å². The third kappa shape index (κ3) is 3.06. The van der Waals surface area contributed by atoms with Gasteiger partial charge in [0.25, 0.3) is 0 Å². The number of ether oxygens (including phenoxy) is 2. The van der Waals surface area contributed by atoms with Gasteiger partial charge in [-0.2, -0.15) is 0 Å². The average Bonchev–Trinajstić information content (AvgIpc) is 2.48. The Kier molecular flexibility index (Phi) is 4.20. The van der Waals surface area contributed by atoms with E-state index < -0.39 is 0 Å². The molecule has 5 nitrogen and oxygen atoms in total. The molecular weight excluding hydrogens is 254 g/mol. The number of hydrogen-bond donors (Lipinski definition) is 2. The van der Waals surface area contributed by atoms with Crippen molar-refractivity contribution in [3.63, 3.8) is 0 Å². The molecule has 0 saturated heterocycles. The van der Waals surface area contributed by atoms with E-state index in [1.54, 1.807) is 25.3 Å². The normalized spacial score (nSPS) is 10.1. The van der Waals surface area contributed by atoms with Gasteiger partial charge in [-0.1, -0.05) is 19.1 Å². The second-order valence-electron chi connectivity index (χ2n) is 4.22. The predicted octanol–water partition coefficient (Wildman–Crippen LogP) is 2.73. The van der Waals surface area contributed by atoms with Gasteiger partial charge in [-0.25, -0.2) is 4.98 Å². The van der Waals surface area contributed by atoms with Crippen LogP contribution in [-0.4, -0.2) is 17.9 Å². The third-order valence-corrected chi connectivity index (χ3v) is 2.85. The summed E-state index contributed by atoms with van der Waals surface area (Å²) in [7, 11) is 1.60. The Morgan fingerprint density at radius 1 is 1.25 bits per heavy atom. The maximum Gasteiger partial charge on any atom is 0.220 e. The Labute approximate surface area is 117 Å². The highest BCUT2D eigenvalue weighted by atomic mass is 16.5. The van der Waals surface area contributed by atoms with Crippen molar-refractivity contribution in [1.29, 1.82) is 5.41 Å². The van der Waals surface area contributed by atoms with Gasteiger partial charge in [-0.05, 0) is 30.2 Å². The molecule has 0 aliphatic carbocycles. The minimum Gasteiger partial charge on any atom is -0.493 e. The van der Waals surface area contributed by atoms with Crippen molar-refractivity contribution >= 4 is 5.84 Å². The molecule has 0 fully saturated rings. The molecule has 0 saturated carbocycles. The molecular formula is C15H17N3O2. The lowest BCUT2D eigenvalue weighted by molar-refractivity contribution is 0.373. The lowest BCUT2D eigenvalue weighted by Gasteiger charge is -2.11. The van der Waals surface area contributed by atoms with E-state index in [9.17, 15) is 0 Å². The topological polar surface area (TPSA) is 81.2 Å². The van der Waals surface area contributed by atoms with E-state index in [1.807, 2.05) is 18.2 Å². The SMILES string of the molecule is CCc1ccc(Oc2cccc(C(=N)N)n2)c(OC)c1. The number of nitrogens with two attached hydrogens (primary N) is 1. The monoisotopic (exact) mass is 271 g/mol. The fourth-order valence-corrected chi connectivity index (χ4v) is 1.75. The zero-order valence-corrected chi connectivity index (χ0v) is 11.5. The van der Waals surface area contributed by atoms with Crippen LogP contribution in [0.3, 0.4) is 0 Å². The van der Waals surface area contributed by atoms with Crippen LogP contribution in [0.25, 0.3) is 0 Å². The summed E-state index contributed by atoms with van der Waals surface area (Å²) in [5, 5.41) is 7.38. The lowest BCUT2D eigenvalue weighted by Crippen LogP contribution is -2.13. The number of nitrogen functional groups attached to an aromatic ring is 1. The van der Waals surface area contributed by atoms with Crippen LogP contribution in [0.5, 0.6) is 17.4 Å². The maximum atomic E-state index is 7.38. The van der Waals surface area contributed by atoms with Gasteiger partial charge in [-0.15, -0.1) is 0 Å². The molecule has 104 valence electrons. The first-order chi connectivity index (χ1) is 9.63. The van der Waals surface area contributed by atoms with Gasteiger partial charge >= 0.3 is 0 Å². The van der Waals surface area contributed by atoms with Gasteiger partial charge in [0.1, 0.15) is 11.5 Å². The van der Waals surface area contributed by atoms with E-state index in [0.29, 0.717) is 23.1 Å². The number of rotatable bonds is 5. The Morgan fingerprint density at radius 2 is 2.05 bits per heavy atom. The highest BCUT2D eigenvalue weighted by Gasteiger charge is 2.08. The summed E-state index contributed by atoms with van der Waals surface area (Å²) in [5.74, 6) is 1.52. The molecule has 0 aliphatic rings. The molecule has 0 spiro atoms. The van der Waals surface area contributed by atoms with E-state index >= 15 is 0 Å². The zero-order chi connectivity index (χ0) is 14.5. The molecule has 1 aromatic heterocycles. The van der Waals surface area contributed by atoms with Crippen molar-refractivity contribution in [1.82, 2.24) is 4.98 Å². The average molecular weight is 271 g/mol. The number of aryl methyl sites for hydroxylation is 1. The molecule has 5 heteroatoms. The first-order valence-corrected chi connectivity index (χ1v) is 6.30. The number of pyridine rings is 1. The van der Waals surface area contributed by atoms with Crippen molar-refractivity contribution < 1.29 is 9.47 Å². The van der Waals surface area contributed by atoms with Crippen LogP contribution in [0.4, 0.5) is 0 Å². The molecule has 2 rings (SSSR count). The van der Waals surface area contributed by atoms with Crippen LogP contribution in [0.1, 0.15) is 18.2 Å². The Hall–Kier alpha value is -2.56. The van der Waals surface area contributed by atoms with E-state index in [0.717, 1.165) is 6.42 Å². The van der Waals surface area contributed by atoms with Gasteiger partial charge in [0.05, 0.1) is 7.11 Å². The fourth-order valence-electron chi connectivity index (χ4n) is 1.75. The van der Waals surface area contributed by atoms with Gasteiger partial charge in [0.15, 0.2) is 11.5 Å². The summed E-state index contributed by atoms with van der Waals surface area (Å²) < 4.78 is 11.0. The second-order valence-corrected chi connectivity index (χ2v) is 4.22. The van der Waals surface area contributed by atoms with Crippen LogP contribution < -0.4 is 15.2 Å². The van der Waals surface area contributed by atoms with Gasteiger partial charge in [-0.3, -0.25) is 5.41 Å². The zero-order valence-electron chi connectivity index (χ0n) is 11.5. The van der Waals surface area contributed by atoms with E-state index in [1.165, 1.54) is 5.56 Å². The van der Waals surface area contributed by atoms with Crippen LogP contribution in [0.15, 0.2) is 36.4 Å². The smallest absolute Gasteiger partial charge is 0.220 e.